The molecular weight excluding hydrogens is 659 g/mol. The molecule has 0 aliphatic rings. The normalized spacial score (nSPS) is 10.6. The molecule has 6 heteroatoms. The molecule has 3 heterocycles. The number of pyridine rings is 2. The fourth-order valence-corrected chi connectivity index (χ4v) is 3.65. The third-order valence-corrected chi connectivity index (χ3v) is 5.84. The zero-order valence-electron chi connectivity index (χ0n) is 23.2. The number of aryl methyl sites for hydroxylation is 2. The van der Waals surface area contributed by atoms with E-state index in [1.54, 1.807) is 0 Å². The second-order valence-corrected chi connectivity index (χ2v) is 9.84. The van der Waals surface area contributed by atoms with Gasteiger partial charge in [-0.05, 0) is 24.4 Å². The number of aromatic nitrogens is 5. The van der Waals surface area contributed by atoms with Gasteiger partial charge in [-0.25, -0.2) is 15.0 Å². The second-order valence-electron chi connectivity index (χ2n) is 9.84. The zero-order chi connectivity index (χ0) is 27.1. The van der Waals surface area contributed by atoms with Gasteiger partial charge < -0.3 is 9.97 Å². The SMILES string of the molecule is CC(C)c1nc(-c2ccc(-c3[c-]cccc3)nc2)nc(C(C)C)n1.Cc1c[c-]c(-c2cccc(C)n2)cc1.[Ir]. The molecule has 0 saturated heterocycles. The molecule has 0 bridgehead atoms. The van der Waals surface area contributed by atoms with Gasteiger partial charge in [-0.3, -0.25) is 0 Å². The molecule has 5 aromatic rings. The number of benzene rings is 2. The maximum atomic E-state index is 4.62. The maximum absolute atomic E-state index is 4.62. The monoisotopic (exact) mass is 692 g/mol. The summed E-state index contributed by atoms with van der Waals surface area (Å²) in [6.07, 6.45) is 1.82. The van der Waals surface area contributed by atoms with Gasteiger partial charge in [-0.1, -0.05) is 58.9 Å². The Labute approximate surface area is 245 Å². The first kappa shape index (κ1) is 29.9. The Morgan fingerprint density at radius 1 is 0.641 bits per heavy atom. The zero-order valence-corrected chi connectivity index (χ0v) is 25.6. The summed E-state index contributed by atoms with van der Waals surface area (Å²) in [7, 11) is 0. The summed E-state index contributed by atoms with van der Waals surface area (Å²) < 4.78 is 0. The van der Waals surface area contributed by atoms with Crippen LogP contribution in [0, 0.1) is 26.0 Å². The molecule has 0 fully saturated rings. The fourth-order valence-electron chi connectivity index (χ4n) is 3.65. The van der Waals surface area contributed by atoms with Crippen LogP contribution in [0.4, 0.5) is 0 Å². The number of hydrogen-bond acceptors (Lipinski definition) is 5. The molecule has 2 aromatic carbocycles. The van der Waals surface area contributed by atoms with Crippen molar-refractivity contribution < 1.29 is 20.1 Å². The fraction of sp³-hybridized carbons (Fsp3) is 0.242. The predicted molar refractivity (Wildman–Crippen MR) is 153 cm³/mol. The Balaban J connectivity index is 0.000000239. The average Bonchev–Trinajstić information content (AvgIpc) is 2.94. The minimum Gasteiger partial charge on any atom is -0.304 e. The Hall–Kier alpha value is -3.60. The molecule has 0 spiro atoms. The van der Waals surface area contributed by atoms with Crippen molar-refractivity contribution in [2.75, 3.05) is 0 Å². The van der Waals surface area contributed by atoms with Crippen LogP contribution in [0.15, 0.2) is 79.0 Å². The smallest absolute Gasteiger partial charge is 0.164 e. The van der Waals surface area contributed by atoms with E-state index in [2.05, 4.69) is 83.8 Å². The van der Waals surface area contributed by atoms with Gasteiger partial charge in [0, 0.05) is 49.4 Å². The molecule has 0 N–H and O–H groups in total. The van der Waals surface area contributed by atoms with Crippen LogP contribution < -0.4 is 0 Å². The Bertz CT molecular complexity index is 1440. The van der Waals surface area contributed by atoms with Gasteiger partial charge in [0.15, 0.2) is 5.82 Å². The van der Waals surface area contributed by atoms with Crippen molar-refractivity contribution in [3.8, 4) is 33.9 Å². The number of nitrogens with zero attached hydrogens (tertiary/aromatic N) is 5. The summed E-state index contributed by atoms with van der Waals surface area (Å²) >= 11 is 0. The standard InChI is InChI=1S/C20H21N4.C13H12N.Ir/c1-13(2)18-22-19(14(3)4)24-20(23-18)16-10-11-17(21-12-16)15-8-6-5-7-9-15;1-10-6-8-12(9-7-10)13-5-3-4-11(2)14-13;/h5-8,10-14H,1-4H3;3-8H,1-2H3;/q2*-1;. The molecule has 0 aliphatic heterocycles. The van der Waals surface area contributed by atoms with Gasteiger partial charge in [0.25, 0.3) is 0 Å². The molecule has 5 rings (SSSR count). The van der Waals surface area contributed by atoms with Crippen molar-refractivity contribution >= 4 is 0 Å². The van der Waals surface area contributed by atoms with Gasteiger partial charge in [0.05, 0.1) is 0 Å². The Morgan fingerprint density at radius 2 is 1.36 bits per heavy atom. The van der Waals surface area contributed by atoms with Crippen LogP contribution >= 0.6 is 0 Å². The van der Waals surface area contributed by atoms with Crippen molar-refractivity contribution in [1.82, 2.24) is 24.9 Å². The van der Waals surface area contributed by atoms with E-state index < -0.39 is 0 Å². The molecular formula is C33H33IrN5-2. The summed E-state index contributed by atoms with van der Waals surface area (Å²) in [4.78, 5) is 22.8. The number of hydrogen-bond donors (Lipinski definition) is 0. The Kier molecular flexibility index (Phi) is 10.7. The van der Waals surface area contributed by atoms with E-state index in [0.717, 1.165) is 45.4 Å². The molecule has 0 saturated carbocycles. The predicted octanol–water partition coefficient (Wildman–Crippen LogP) is 7.81. The third kappa shape index (κ3) is 8.19. The van der Waals surface area contributed by atoms with Crippen LogP contribution in [0.2, 0.25) is 0 Å². The summed E-state index contributed by atoms with van der Waals surface area (Å²) in [5.41, 5.74) is 7.08. The van der Waals surface area contributed by atoms with Crippen molar-refractivity contribution in [1.29, 1.82) is 0 Å². The first-order chi connectivity index (χ1) is 18.3. The van der Waals surface area contributed by atoms with E-state index in [1.807, 2.05) is 73.8 Å². The molecule has 0 aliphatic carbocycles. The minimum atomic E-state index is 0. The van der Waals surface area contributed by atoms with Crippen LogP contribution in [0.5, 0.6) is 0 Å². The van der Waals surface area contributed by atoms with Gasteiger partial charge in [0.2, 0.25) is 0 Å². The average molecular weight is 692 g/mol. The largest absolute Gasteiger partial charge is 0.304 e. The van der Waals surface area contributed by atoms with Gasteiger partial charge in [0.1, 0.15) is 11.6 Å². The van der Waals surface area contributed by atoms with E-state index in [4.69, 9.17) is 0 Å². The molecule has 39 heavy (non-hydrogen) atoms. The minimum absolute atomic E-state index is 0. The molecule has 3 aromatic heterocycles. The van der Waals surface area contributed by atoms with E-state index in [0.29, 0.717) is 5.82 Å². The summed E-state index contributed by atoms with van der Waals surface area (Å²) in [5.74, 6) is 2.85. The summed E-state index contributed by atoms with van der Waals surface area (Å²) in [5, 5.41) is 0. The summed E-state index contributed by atoms with van der Waals surface area (Å²) in [6.45, 7) is 12.4. The van der Waals surface area contributed by atoms with Crippen molar-refractivity contribution in [3.63, 3.8) is 0 Å². The molecule has 0 amide bonds. The second kappa shape index (κ2) is 14.0. The van der Waals surface area contributed by atoms with E-state index in [9.17, 15) is 0 Å². The van der Waals surface area contributed by atoms with E-state index >= 15 is 0 Å². The van der Waals surface area contributed by atoms with Crippen LogP contribution in [0.1, 0.15) is 62.4 Å². The maximum Gasteiger partial charge on any atom is 0.164 e. The van der Waals surface area contributed by atoms with E-state index in [-0.39, 0.29) is 31.9 Å². The van der Waals surface area contributed by atoms with Gasteiger partial charge in [-0.15, -0.1) is 71.3 Å². The summed E-state index contributed by atoms with van der Waals surface area (Å²) in [6, 6.07) is 30.4. The van der Waals surface area contributed by atoms with Crippen LogP contribution in [-0.4, -0.2) is 24.9 Å². The topological polar surface area (TPSA) is 64.5 Å². The molecule has 5 nitrogen and oxygen atoms in total. The molecule has 0 unspecified atom stereocenters. The quantitative estimate of drug-likeness (QED) is 0.176. The first-order valence-electron chi connectivity index (χ1n) is 12.9. The Morgan fingerprint density at radius 3 is 1.90 bits per heavy atom. The van der Waals surface area contributed by atoms with Gasteiger partial charge >= 0.3 is 0 Å². The first-order valence-corrected chi connectivity index (χ1v) is 12.9. The molecule has 1 radical (unpaired) electrons. The third-order valence-electron chi connectivity index (χ3n) is 5.84. The molecule has 201 valence electrons. The number of rotatable bonds is 5. The van der Waals surface area contributed by atoms with Crippen molar-refractivity contribution in [2.24, 2.45) is 0 Å². The van der Waals surface area contributed by atoms with Crippen molar-refractivity contribution in [2.45, 2.75) is 53.4 Å². The van der Waals surface area contributed by atoms with E-state index in [1.165, 1.54) is 5.56 Å². The van der Waals surface area contributed by atoms with Gasteiger partial charge in [-0.2, -0.15) is 0 Å². The van der Waals surface area contributed by atoms with Crippen LogP contribution in [0.25, 0.3) is 33.9 Å². The molecule has 0 atom stereocenters. The van der Waals surface area contributed by atoms with Crippen LogP contribution in [-0.2, 0) is 20.1 Å². The van der Waals surface area contributed by atoms with Crippen LogP contribution in [0.3, 0.4) is 0 Å². The van der Waals surface area contributed by atoms with Crippen molar-refractivity contribution in [3.05, 3.63) is 114 Å².